The lowest BCUT2D eigenvalue weighted by Gasteiger charge is -2.55. The molecule has 0 aromatic carbocycles. The predicted octanol–water partition coefficient (Wildman–Crippen LogP) is 4.96. The van der Waals surface area contributed by atoms with Crippen LogP contribution in [0.5, 0.6) is 0 Å². The van der Waals surface area contributed by atoms with Gasteiger partial charge in [-0.3, -0.25) is 9.59 Å². The third kappa shape index (κ3) is 2.13. The average molecular weight is 387 g/mol. The zero-order chi connectivity index (χ0) is 19.3. The van der Waals surface area contributed by atoms with Crippen LogP contribution in [0.3, 0.4) is 0 Å². The van der Waals surface area contributed by atoms with E-state index in [1.54, 1.807) is 0 Å². The molecule has 6 rings (SSSR count). The van der Waals surface area contributed by atoms with Crippen molar-refractivity contribution in [1.29, 1.82) is 0 Å². The van der Waals surface area contributed by atoms with Crippen molar-refractivity contribution in [2.24, 2.45) is 51.8 Å². The van der Waals surface area contributed by atoms with E-state index in [-0.39, 0.29) is 11.3 Å². The highest BCUT2D eigenvalue weighted by molar-refractivity contribution is 5.76. The second-order valence-electron chi connectivity index (χ2n) is 12.0. The topological polar surface area (TPSA) is 74.6 Å². The third-order valence-corrected chi connectivity index (χ3v) is 11.0. The lowest BCUT2D eigenvalue weighted by atomic mass is 9.50. The van der Waals surface area contributed by atoms with E-state index in [1.165, 1.54) is 38.5 Å². The van der Waals surface area contributed by atoms with Crippen molar-refractivity contribution < 1.29 is 19.8 Å². The summed E-state index contributed by atoms with van der Waals surface area (Å²) in [6.07, 6.45) is 14.4. The molecule has 6 aliphatic carbocycles. The first kappa shape index (κ1) is 17.8. The van der Waals surface area contributed by atoms with Crippen molar-refractivity contribution in [2.75, 3.05) is 0 Å². The summed E-state index contributed by atoms with van der Waals surface area (Å²) in [6.45, 7) is 0. The van der Waals surface area contributed by atoms with Crippen LogP contribution in [0.15, 0.2) is 0 Å². The summed E-state index contributed by atoms with van der Waals surface area (Å²) in [6, 6.07) is 0. The molecular formula is C24H34O4. The van der Waals surface area contributed by atoms with Gasteiger partial charge in [0.2, 0.25) is 0 Å². The van der Waals surface area contributed by atoms with Gasteiger partial charge in [0.15, 0.2) is 0 Å². The number of rotatable bonds is 3. The number of carboxylic acids is 2. The van der Waals surface area contributed by atoms with Gasteiger partial charge >= 0.3 is 11.9 Å². The summed E-state index contributed by atoms with van der Waals surface area (Å²) >= 11 is 0. The van der Waals surface area contributed by atoms with Crippen LogP contribution in [0.25, 0.3) is 0 Å². The summed E-state index contributed by atoms with van der Waals surface area (Å²) in [5.41, 5.74) is 0.107. The molecule has 0 spiro atoms. The largest absolute Gasteiger partial charge is 0.481 e. The molecule has 9 atom stereocenters. The van der Waals surface area contributed by atoms with E-state index in [9.17, 15) is 19.8 Å². The number of aliphatic carboxylic acids is 2. The fourth-order valence-corrected chi connectivity index (χ4v) is 10.3. The maximum Gasteiger partial charge on any atom is 0.309 e. The third-order valence-electron chi connectivity index (χ3n) is 11.0. The van der Waals surface area contributed by atoms with Gasteiger partial charge in [-0.1, -0.05) is 12.8 Å². The maximum absolute atomic E-state index is 12.6. The van der Waals surface area contributed by atoms with Crippen LogP contribution < -0.4 is 0 Å². The lowest BCUT2D eigenvalue weighted by molar-refractivity contribution is -0.153. The highest BCUT2D eigenvalue weighted by Crippen LogP contribution is 2.77. The maximum atomic E-state index is 12.6. The molecule has 2 N–H and O–H groups in total. The Morgan fingerprint density at radius 1 is 0.786 bits per heavy atom. The van der Waals surface area contributed by atoms with E-state index in [0.29, 0.717) is 29.1 Å². The number of hydrogen-bond acceptors (Lipinski definition) is 2. The van der Waals surface area contributed by atoms with Crippen molar-refractivity contribution in [2.45, 2.75) is 83.5 Å². The standard InChI is InChI=1S/C24H34O4/c25-20(26)16-4-15-5-17-10-22(9-15,11-18(17)7-16)23-8-14-2-1-3-24(13-23,21(27)28)19(6-14)12-23/h14-19H,1-13H2,(H,25,26)(H,27,28). The first-order chi connectivity index (χ1) is 13.3. The molecule has 0 heterocycles. The van der Waals surface area contributed by atoms with E-state index >= 15 is 0 Å². The van der Waals surface area contributed by atoms with Crippen LogP contribution in [0, 0.1) is 51.8 Å². The van der Waals surface area contributed by atoms with Crippen molar-refractivity contribution in [3.63, 3.8) is 0 Å². The molecule has 0 amide bonds. The second kappa shape index (κ2) is 5.55. The van der Waals surface area contributed by atoms with Gasteiger partial charge in [-0.25, -0.2) is 0 Å². The Balaban J connectivity index is 1.39. The Morgan fingerprint density at radius 3 is 2.29 bits per heavy atom. The molecular weight excluding hydrogens is 352 g/mol. The summed E-state index contributed by atoms with van der Waals surface area (Å²) in [4.78, 5) is 24.3. The number of fused-ring (bicyclic) bond motifs is 5. The zero-order valence-corrected chi connectivity index (χ0v) is 16.9. The van der Waals surface area contributed by atoms with E-state index in [2.05, 4.69) is 0 Å². The van der Waals surface area contributed by atoms with Gasteiger partial charge in [-0.15, -0.1) is 0 Å². The Labute approximate surface area is 167 Å². The number of hydrogen-bond donors (Lipinski definition) is 2. The molecule has 0 aromatic rings. The summed E-state index contributed by atoms with van der Waals surface area (Å²) < 4.78 is 0. The second-order valence-corrected chi connectivity index (χ2v) is 12.0. The molecule has 0 aromatic heterocycles. The molecule has 6 bridgehead atoms. The average Bonchev–Trinajstić information content (AvgIpc) is 2.91. The minimum atomic E-state index is -0.582. The first-order valence-corrected chi connectivity index (χ1v) is 11.8. The van der Waals surface area contributed by atoms with Gasteiger partial charge in [0, 0.05) is 0 Å². The Bertz CT molecular complexity index is 728. The van der Waals surface area contributed by atoms with Crippen LogP contribution in [-0.2, 0) is 9.59 Å². The van der Waals surface area contributed by atoms with E-state index in [1.807, 2.05) is 0 Å². The number of carbonyl (C=O) groups is 2. The molecule has 4 heteroatoms. The van der Waals surface area contributed by atoms with Crippen molar-refractivity contribution >= 4 is 11.9 Å². The fourth-order valence-electron chi connectivity index (χ4n) is 10.3. The summed E-state index contributed by atoms with van der Waals surface area (Å²) in [5, 5.41) is 20.0. The fraction of sp³-hybridized carbons (Fsp3) is 0.917. The molecule has 4 nitrogen and oxygen atoms in total. The molecule has 6 aliphatic rings. The quantitative estimate of drug-likeness (QED) is 0.718. The van der Waals surface area contributed by atoms with E-state index in [4.69, 9.17) is 0 Å². The smallest absolute Gasteiger partial charge is 0.309 e. The number of carboxylic acid groups (broad SMARTS) is 2. The van der Waals surface area contributed by atoms with Gasteiger partial charge in [-0.05, 0) is 111 Å². The molecule has 154 valence electrons. The van der Waals surface area contributed by atoms with Crippen LogP contribution >= 0.6 is 0 Å². The van der Waals surface area contributed by atoms with Crippen LogP contribution in [0.2, 0.25) is 0 Å². The molecule has 0 aliphatic heterocycles. The highest BCUT2D eigenvalue weighted by atomic mass is 16.4. The van der Waals surface area contributed by atoms with Crippen LogP contribution in [0.1, 0.15) is 83.5 Å². The van der Waals surface area contributed by atoms with Gasteiger partial charge in [0.05, 0.1) is 11.3 Å². The molecule has 6 fully saturated rings. The van der Waals surface area contributed by atoms with Crippen LogP contribution in [0.4, 0.5) is 0 Å². The van der Waals surface area contributed by atoms with Crippen molar-refractivity contribution in [3.05, 3.63) is 0 Å². The minimum Gasteiger partial charge on any atom is -0.481 e. The van der Waals surface area contributed by atoms with E-state index in [0.717, 1.165) is 50.9 Å². The van der Waals surface area contributed by atoms with Gasteiger partial charge < -0.3 is 10.2 Å². The minimum absolute atomic E-state index is 0.138. The predicted molar refractivity (Wildman–Crippen MR) is 104 cm³/mol. The zero-order valence-electron chi connectivity index (χ0n) is 16.9. The Hall–Kier alpha value is -1.06. The molecule has 6 saturated carbocycles. The molecule has 0 radical (unpaired) electrons. The summed E-state index contributed by atoms with van der Waals surface area (Å²) in [5.74, 6) is 1.75. The summed E-state index contributed by atoms with van der Waals surface area (Å²) in [7, 11) is 0. The van der Waals surface area contributed by atoms with Gasteiger partial charge in [-0.2, -0.15) is 0 Å². The normalized spacial score (nSPS) is 56.4. The lowest BCUT2D eigenvalue weighted by Crippen LogP contribution is -2.46. The van der Waals surface area contributed by atoms with Crippen molar-refractivity contribution in [3.8, 4) is 0 Å². The molecule has 0 saturated heterocycles. The van der Waals surface area contributed by atoms with E-state index < -0.39 is 17.4 Å². The molecule has 9 unspecified atom stereocenters. The van der Waals surface area contributed by atoms with Crippen molar-refractivity contribution in [1.82, 2.24) is 0 Å². The SMILES string of the molecule is O=C(O)C1CC2CC3CC(C45CC6CCCC(C(=O)O)(C4)C(C6)C5)(C2)CC3C1. The Morgan fingerprint density at radius 2 is 1.54 bits per heavy atom. The molecule has 28 heavy (non-hydrogen) atoms. The Kier molecular flexibility index (Phi) is 3.52. The van der Waals surface area contributed by atoms with Crippen LogP contribution in [-0.4, -0.2) is 22.2 Å². The monoisotopic (exact) mass is 386 g/mol. The first-order valence-electron chi connectivity index (χ1n) is 11.8. The van der Waals surface area contributed by atoms with Gasteiger partial charge in [0.1, 0.15) is 0 Å². The highest BCUT2D eigenvalue weighted by Gasteiger charge is 2.71. The van der Waals surface area contributed by atoms with Gasteiger partial charge in [0.25, 0.3) is 0 Å².